The van der Waals surface area contributed by atoms with Gasteiger partial charge in [-0.25, -0.2) is 4.39 Å². The molecular weight excluding hydrogens is 277 g/mol. The highest BCUT2D eigenvalue weighted by Crippen LogP contribution is 2.06. The maximum absolute atomic E-state index is 13.4. The van der Waals surface area contributed by atoms with Crippen LogP contribution in [-0.2, 0) is 29.0 Å². The van der Waals surface area contributed by atoms with Gasteiger partial charge in [0, 0.05) is 20.1 Å². The van der Waals surface area contributed by atoms with Gasteiger partial charge in [0.2, 0.25) is 5.91 Å². The molecular formula is C14H16FN3O3. The standard InChI is InChI=1S/C14H16FN3O3/c1-20-9-14-17-12(18-21-14)6-7-16-13(19)8-10-4-2-3-5-11(10)15/h2-5H,6-9H2,1H3,(H,16,19). The average molecular weight is 293 g/mol. The number of amides is 1. The van der Waals surface area contributed by atoms with Crippen molar-refractivity contribution >= 4 is 5.91 Å². The predicted octanol–water partition coefficient (Wildman–Crippen LogP) is 1.26. The van der Waals surface area contributed by atoms with Crippen LogP contribution in [0.15, 0.2) is 28.8 Å². The van der Waals surface area contributed by atoms with Crippen molar-refractivity contribution in [3.63, 3.8) is 0 Å². The van der Waals surface area contributed by atoms with Gasteiger partial charge in [0.05, 0.1) is 6.42 Å². The van der Waals surface area contributed by atoms with Gasteiger partial charge >= 0.3 is 0 Å². The van der Waals surface area contributed by atoms with Gasteiger partial charge < -0.3 is 14.6 Å². The van der Waals surface area contributed by atoms with Gasteiger partial charge in [-0.05, 0) is 11.6 Å². The number of nitrogens with one attached hydrogen (secondary N) is 1. The Morgan fingerprint density at radius 2 is 2.24 bits per heavy atom. The highest BCUT2D eigenvalue weighted by molar-refractivity contribution is 5.78. The number of nitrogens with zero attached hydrogens (tertiary/aromatic N) is 2. The highest BCUT2D eigenvalue weighted by atomic mass is 19.1. The zero-order valence-electron chi connectivity index (χ0n) is 11.6. The average Bonchev–Trinajstić information content (AvgIpc) is 2.89. The summed E-state index contributed by atoms with van der Waals surface area (Å²) in [5.74, 6) is 0.258. The molecule has 0 atom stereocenters. The normalized spacial score (nSPS) is 10.6. The maximum atomic E-state index is 13.4. The molecule has 0 saturated carbocycles. The molecule has 0 aliphatic rings. The number of rotatable bonds is 7. The van der Waals surface area contributed by atoms with Crippen molar-refractivity contribution in [2.75, 3.05) is 13.7 Å². The van der Waals surface area contributed by atoms with Crippen molar-refractivity contribution < 1.29 is 18.4 Å². The van der Waals surface area contributed by atoms with E-state index in [4.69, 9.17) is 9.26 Å². The lowest BCUT2D eigenvalue weighted by Gasteiger charge is -2.04. The van der Waals surface area contributed by atoms with Gasteiger partial charge in [-0.1, -0.05) is 23.4 Å². The molecule has 0 radical (unpaired) electrons. The summed E-state index contributed by atoms with van der Waals surface area (Å²) in [5, 5.41) is 6.44. The van der Waals surface area contributed by atoms with Gasteiger partial charge in [-0.15, -0.1) is 0 Å². The molecule has 0 bridgehead atoms. The summed E-state index contributed by atoms with van der Waals surface area (Å²) >= 11 is 0. The van der Waals surface area contributed by atoms with Crippen molar-refractivity contribution in [3.05, 3.63) is 47.4 Å². The van der Waals surface area contributed by atoms with E-state index in [1.54, 1.807) is 18.2 Å². The summed E-state index contributed by atoms with van der Waals surface area (Å²) in [6, 6.07) is 6.21. The summed E-state index contributed by atoms with van der Waals surface area (Å²) in [6.45, 7) is 0.617. The lowest BCUT2D eigenvalue weighted by atomic mass is 10.1. The zero-order chi connectivity index (χ0) is 15.1. The number of benzene rings is 1. The lowest BCUT2D eigenvalue weighted by Crippen LogP contribution is -2.27. The third kappa shape index (κ3) is 4.64. The van der Waals surface area contributed by atoms with Gasteiger partial charge in [0.15, 0.2) is 5.82 Å². The smallest absolute Gasteiger partial charge is 0.252 e. The van der Waals surface area contributed by atoms with E-state index in [1.165, 1.54) is 13.2 Å². The quantitative estimate of drug-likeness (QED) is 0.831. The second-order valence-corrected chi connectivity index (χ2v) is 4.41. The number of carbonyl (C=O) groups excluding carboxylic acids is 1. The monoisotopic (exact) mass is 293 g/mol. The largest absolute Gasteiger partial charge is 0.375 e. The number of aromatic nitrogens is 2. The Morgan fingerprint density at radius 1 is 1.43 bits per heavy atom. The Morgan fingerprint density at radius 3 is 3.00 bits per heavy atom. The molecule has 1 heterocycles. The van der Waals surface area contributed by atoms with Crippen molar-refractivity contribution in [2.45, 2.75) is 19.4 Å². The second-order valence-electron chi connectivity index (χ2n) is 4.41. The molecule has 0 aliphatic heterocycles. The number of halogens is 1. The Kier molecular flexibility index (Phi) is 5.39. The molecule has 6 nitrogen and oxygen atoms in total. The van der Waals surface area contributed by atoms with Crippen molar-refractivity contribution in [1.29, 1.82) is 0 Å². The van der Waals surface area contributed by atoms with Crippen molar-refractivity contribution in [2.24, 2.45) is 0 Å². The SMILES string of the molecule is COCc1nc(CCNC(=O)Cc2ccccc2F)no1. The summed E-state index contributed by atoms with van der Waals surface area (Å²) < 4.78 is 23.2. The minimum atomic E-state index is -0.380. The first-order valence-electron chi connectivity index (χ1n) is 6.49. The van der Waals surface area contributed by atoms with E-state index in [0.717, 1.165) is 0 Å². The molecule has 0 aliphatic carbocycles. The first-order valence-corrected chi connectivity index (χ1v) is 6.49. The molecule has 21 heavy (non-hydrogen) atoms. The Hall–Kier alpha value is -2.28. The van der Waals surface area contributed by atoms with Crippen LogP contribution >= 0.6 is 0 Å². The van der Waals surface area contributed by atoms with Gasteiger partial charge in [-0.3, -0.25) is 4.79 Å². The number of hydrogen-bond acceptors (Lipinski definition) is 5. The number of hydrogen-bond donors (Lipinski definition) is 1. The Bertz CT molecular complexity index is 601. The van der Waals surface area contributed by atoms with Crippen LogP contribution in [0, 0.1) is 5.82 Å². The Labute approximate surface area is 121 Å². The van der Waals surface area contributed by atoms with Gasteiger partial charge in [0.25, 0.3) is 5.89 Å². The molecule has 0 fully saturated rings. The molecule has 2 aromatic rings. The van der Waals surface area contributed by atoms with Crippen LogP contribution in [0.2, 0.25) is 0 Å². The zero-order valence-corrected chi connectivity index (χ0v) is 11.6. The van der Waals surface area contributed by atoms with E-state index < -0.39 is 0 Å². The molecule has 1 aromatic heterocycles. The minimum Gasteiger partial charge on any atom is -0.375 e. The number of methoxy groups -OCH3 is 1. The molecule has 1 amide bonds. The van der Waals surface area contributed by atoms with Crippen molar-refractivity contribution in [1.82, 2.24) is 15.5 Å². The topological polar surface area (TPSA) is 77.2 Å². The molecule has 1 aromatic carbocycles. The van der Waals surface area contributed by atoms with E-state index in [-0.39, 0.29) is 24.8 Å². The van der Waals surface area contributed by atoms with Crippen LogP contribution in [0.25, 0.3) is 0 Å². The third-order valence-corrected chi connectivity index (χ3v) is 2.76. The van der Waals surface area contributed by atoms with E-state index in [0.29, 0.717) is 30.2 Å². The van der Waals surface area contributed by atoms with Crippen LogP contribution in [0.4, 0.5) is 4.39 Å². The summed E-state index contributed by atoms with van der Waals surface area (Å²) in [5.41, 5.74) is 0.372. The number of carbonyl (C=O) groups is 1. The minimum absolute atomic E-state index is 0.00778. The molecule has 0 saturated heterocycles. The molecule has 7 heteroatoms. The molecule has 1 N–H and O–H groups in total. The molecule has 0 unspecified atom stereocenters. The van der Waals surface area contributed by atoms with Crippen LogP contribution in [0.5, 0.6) is 0 Å². The van der Waals surface area contributed by atoms with Crippen LogP contribution in [-0.4, -0.2) is 29.7 Å². The first-order chi connectivity index (χ1) is 10.2. The van der Waals surface area contributed by atoms with Crippen LogP contribution in [0.3, 0.4) is 0 Å². The molecule has 112 valence electrons. The maximum Gasteiger partial charge on any atom is 0.252 e. The van der Waals surface area contributed by atoms with E-state index in [1.807, 2.05) is 0 Å². The molecule has 0 spiro atoms. The first kappa shape index (κ1) is 15.1. The van der Waals surface area contributed by atoms with E-state index in [9.17, 15) is 9.18 Å². The van der Waals surface area contributed by atoms with Crippen LogP contribution < -0.4 is 5.32 Å². The lowest BCUT2D eigenvalue weighted by molar-refractivity contribution is -0.120. The fourth-order valence-corrected chi connectivity index (χ4v) is 1.76. The second kappa shape index (κ2) is 7.49. The Balaban J connectivity index is 1.75. The molecule has 2 rings (SSSR count). The fourth-order valence-electron chi connectivity index (χ4n) is 1.76. The van der Waals surface area contributed by atoms with Crippen molar-refractivity contribution in [3.8, 4) is 0 Å². The summed E-state index contributed by atoms with van der Waals surface area (Å²) in [7, 11) is 1.53. The van der Waals surface area contributed by atoms with Gasteiger partial charge in [0.1, 0.15) is 12.4 Å². The summed E-state index contributed by atoms with van der Waals surface area (Å²) in [4.78, 5) is 15.8. The highest BCUT2D eigenvalue weighted by Gasteiger charge is 2.09. The fraction of sp³-hybridized carbons (Fsp3) is 0.357. The number of ether oxygens (including phenoxy) is 1. The van der Waals surface area contributed by atoms with Crippen LogP contribution in [0.1, 0.15) is 17.3 Å². The van der Waals surface area contributed by atoms with Gasteiger partial charge in [-0.2, -0.15) is 4.98 Å². The third-order valence-electron chi connectivity index (χ3n) is 2.76. The van der Waals surface area contributed by atoms with E-state index >= 15 is 0 Å². The summed E-state index contributed by atoms with van der Waals surface area (Å²) in [6.07, 6.45) is 0.448. The predicted molar refractivity (Wildman–Crippen MR) is 71.8 cm³/mol. The van der Waals surface area contributed by atoms with E-state index in [2.05, 4.69) is 15.5 Å².